The van der Waals surface area contributed by atoms with E-state index in [0.29, 0.717) is 0 Å². The van der Waals surface area contributed by atoms with Gasteiger partial charge in [-0.25, -0.2) is 0 Å². The number of fused-ring (bicyclic) bond motifs is 1. The Balaban J connectivity index is 2.06. The second kappa shape index (κ2) is 5.17. The molecular weight excluding hydrogens is 236 g/mol. The molecule has 1 aromatic carbocycles. The topological polar surface area (TPSA) is 25.4 Å². The molecule has 0 bridgehead atoms. The van der Waals surface area contributed by atoms with Crippen LogP contribution >= 0.6 is 0 Å². The molecule has 1 aromatic heterocycles. The molecule has 1 aliphatic heterocycles. The number of anilines is 1. The Labute approximate surface area is 114 Å². The van der Waals surface area contributed by atoms with Gasteiger partial charge in [-0.3, -0.25) is 4.98 Å². The Bertz CT molecular complexity index is 589. The number of pyridine rings is 1. The predicted octanol–water partition coefficient (Wildman–Crippen LogP) is 2.94. The van der Waals surface area contributed by atoms with E-state index in [0.717, 1.165) is 43.9 Å². The van der Waals surface area contributed by atoms with Crippen LogP contribution in [0.1, 0.15) is 18.2 Å². The number of benzene rings is 1. The lowest BCUT2D eigenvalue weighted by Gasteiger charge is -2.29. The van der Waals surface area contributed by atoms with Gasteiger partial charge >= 0.3 is 0 Å². The Morgan fingerprint density at radius 1 is 1.21 bits per heavy atom. The molecule has 0 unspecified atom stereocenters. The van der Waals surface area contributed by atoms with E-state index in [2.05, 4.69) is 48.0 Å². The van der Waals surface area contributed by atoms with Gasteiger partial charge in [0.15, 0.2) is 0 Å². The molecule has 100 valence electrons. The Kier molecular flexibility index (Phi) is 3.38. The lowest BCUT2D eigenvalue weighted by Crippen LogP contribution is -2.36. The van der Waals surface area contributed by atoms with Gasteiger partial charge in [0.05, 0.1) is 18.7 Å². The van der Waals surface area contributed by atoms with E-state index in [-0.39, 0.29) is 0 Å². The number of aryl methyl sites for hydroxylation is 2. The molecule has 3 heteroatoms. The van der Waals surface area contributed by atoms with E-state index in [9.17, 15) is 0 Å². The molecule has 3 nitrogen and oxygen atoms in total. The Morgan fingerprint density at radius 2 is 2.00 bits per heavy atom. The van der Waals surface area contributed by atoms with Crippen LogP contribution in [0.3, 0.4) is 0 Å². The third-order valence-electron chi connectivity index (χ3n) is 3.76. The van der Waals surface area contributed by atoms with Crippen molar-refractivity contribution in [3.63, 3.8) is 0 Å². The molecule has 19 heavy (non-hydrogen) atoms. The van der Waals surface area contributed by atoms with Gasteiger partial charge in [0.25, 0.3) is 0 Å². The second-order valence-corrected chi connectivity index (χ2v) is 5.08. The summed E-state index contributed by atoms with van der Waals surface area (Å²) in [6, 6.07) is 8.81. The lowest BCUT2D eigenvalue weighted by atomic mass is 10.0. The number of nitrogens with zero attached hydrogens (tertiary/aromatic N) is 2. The van der Waals surface area contributed by atoms with Crippen molar-refractivity contribution in [2.24, 2.45) is 0 Å². The molecule has 2 heterocycles. The van der Waals surface area contributed by atoms with Crippen molar-refractivity contribution in [3.05, 3.63) is 35.5 Å². The number of rotatable bonds is 2. The zero-order valence-corrected chi connectivity index (χ0v) is 11.6. The summed E-state index contributed by atoms with van der Waals surface area (Å²) >= 11 is 0. The van der Waals surface area contributed by atoms with Gasteiger partial charge < -0.3 is 9.64 Å². The molecule has 1 saturated heterocycles. The molecule has 0 amide bonds. The third-order valence-corrected chi connectivity index (χ3v) is 3.76. The standard InChI is InChI=1S/C16H20N2O/c1-3-13-10-12(2)17-16-5-4-14(11-15(13)16)18-6-8-19-9-7-18/h4-5,10-11H,3,6-9H2,1-2H3. The van der Waals surface area contributed by atoms with Crippen LogP contribution in [0.5, 0.6) is 0 Å². The van der Waals surface area contributed by atoms with Crippen LogP contribution in [0.4, 0.5) is 5.69 Å². The molecule has 0 atom stereocenters. The van der Waals surface area contributed by atoms with Gasteiger partial charge in [-0.2, -0.15) is 0 Å². The first kappa shape index (κ1) is 12.4. The average Bonchev–Trinajstić information content (AvgIpc) is 2.46. The maximum absolute atomic E-state index is 5.42. The van der Waals surface area contributed by atoms with Gasteiger partial charge in [-0.15, -0.1) is 0 Å². The second-order valence-electron chi connectivity index (χ2n) is 5.08. The summed E-state index contributed by atoms with van der Waals surface area (Å²) in [7, 11) is 0. The highest BCUT2D eigenvalue weighted by molar-refractivity contribution is 5.86. The maximum Gasteiger partial charge on any atom is 0.0709 e. The van der Waals surface area contributed by atoms with E-state index < -0.39 is 0 Å². The number of aromatic nitrogens is 1. The summed E-state index contributed by atoms with van der Waals surface area (Å²) in [4.78, 5) is 7.02. The van der Waals surface area contributed by atoms with E-state index in [1.165, 1.54) is 16.6 Å². The molecule has 3 rings (SSSR count). The molecule has 2 aromatic rings. The van der Waals surface area contributed by atoms with Crippen LogP contribution < -0.4 is 4.90 Å². The number of ether oxygens (including phenoxy) is 1. The summed E-state index contributed by atoms with van der Waals surface area (Å²) in [5.74, 6) is 0. The van der Waals surface area contributed by atoms with Crippen LogP contribution in [-0.2, 0) is 11.2 Å². The zero-order chi connectivity index (χ0) is 13.2. The van der Waals surface area contributed by atoms with Gasteiger partial charge in [0, 0.05) is 29.9 Å². The predicted molar refractivity (Wildman–Crippen MR) is 78.9 cm³/mol. The van der Waals surface area contributed by atoms with Crippen molar-refractivity contribution in [1.29, 1.82) is 0 Å². The van der Waals surface area contributed by atoms with Crippen LogP contribution in [0.25, 0.3) is 10.9 Å². The fraction of sp³-hybridized carbons (Fsp3) is 0.438. The summed E-state index contributed by atoms with van der Waals surface area (Å²) in [5.41, 5.74) is 4.88. The van der Waals surface area contributed by atoms with Crippen molar-refractivity contribution in [2.75, 3.05) is 31.2 Å². The minimum Gasteiger partial charge on any atom is -0.378 e. The zero-order valence-electron chi connectivity index (χ0n) is 11.6. The van der Waals surface area contributed by atoms with Gasteiger partial charge in [0.2, 0.25) is 0 Å². The Hall–Kier alpha value is -1.61. The molecule has 1 aliphatic rings. The van der Waals surface area contributed by atoms with E-state index in [1.807, 2.05) is 0 Å². The van der Waals surface area contributed by atoms with Gasteiger partial charge in [-0.05, 0) is 43.2 Å². The van der Waals surface area contributed by atoms with Crippen molar-refractivity contribution in [3.8, 4) is 0 Å². The average molecular weight is 256 g/mol. The van der Waals surface area contributed by atoms with Crippen LogP contribution in [0.2, 0.25) is 0 Å². The first-order valence-corrected chi connectivity index (χ1v) is 7.01. The normalized spacial score (nSPS) is 16.0. The van der Waals surface area contributed by atoms with Crippen molar-refractivity contribution >= 4 is 16.6 Å². The number of hydrogen-bond acceptors (Lipinski definition) is 3. The summed E-state index contributed by atoms with van der Waals surface area (Å²) in [6.07, 6.45) is 1.05. The van der Waals surface area contributed by atoms with Crippen molar-refractivity contribution in [2.45, 2.75) is 20.3 Å². The molecular formula is C16H20N2O. The smallest absolute Gasteiger partial charge is 0.0709 e. The van der Waals surface area contributed by atoms with Gasteiger partial charge in [-0.1, -0.05) is 6.92 Å². The van der Waals surface area contributed by atoms with E-state index in [4.69, 9.17) is 4.74 Å². The summed E-state index contributed by atoms with van der Waals surface area (Å²) in [5, 5.41) is 1.29. The third kappa shape index (κ3) is 2.43. The minimum absolute atomic E-state index is 0.824. The van der Waals surface area contributed by atoms with E-state index in [1.54, 1.807) is 0 Å². The first-order valence-electron chi connectivity index (χ1n) is 7.01. The maximum atomic E-state index is 5.42. The highest BCUT2D eigenvalue weighted by Gasteiger charge is 2.12. The highest BCUT2D eigenvalue weighted by Crippen LogP contribution is 2.25. The van der Waals surface area contributed by atoms with E-state index >= 15 is 0 Å². The first-order chi connectivity index (χ1) is 9.28. The minimum atomic E-state index is 0.824. The SMILES string of the molecule is CCc1cc(C)nc2ccc(N3CCOCC3)cc12. The monoisotopic (exact) mass is 256 g/mol. The molecule has 0 spiro atoms. The molecule has 0 aliphatic carbocycles. The van der Waals surface area contributed by atoms with Crippen LogP contribution in [-0.4, -0.2) is 31.3 Å². The number of morpholine rings is 1. The summed E-state index contributed by atoms with van der Waals surface area (Å²) < 4.78 is 5.42. The molecule has 0 saturated carbocycles. The highest BCUT2D eigenvalue weighted by atomic mass is 16.5. The Morgan fingerprint density at radius 3 is 2.74 bits per heavy atom. The summed E-state index contributed by atoms with van der Waals surface area (Å²) in [6.45, 7) is 7.87. The van der Waals surface area contributed by atoms with Crippen LogP contribution in [0.15, 0.2) is 24.3 Å². The fourth-order valence-electron chi connectivity index (χ4n) is 2.74. The van der Waals surface area contributed by atoms with Gasteiger partial charge in [0.1, 0.15) is 0 Å². The van der Waals surface area contributed by atoms with Crippen LogP contribution in [0, 0.1) is 6.92 Å². The lowest BCUT2D eigenvalue weighted by molar-refractivity contribution is 0.122. The molecule has 0 N–H and O–H groups in total. The molecule has 0 radical (unpaired) electrons. The largest absolute Gasteiger partial charge is 0.378 e. The fourth-order valence-corrected chi connectivity index (χ4v) is 2.74. The molecule has 1 fully saturated rings. The number of hydrogen-bond donors (Lipinski definition) is 0. The van der Waals surface area contributed by atoms with Crippen molar-refractivity contribution in [1.82, 2.24) is 4.98 Å². The van der Waals surface area contributed by atoms with Crippen molar-refractivity contribution < 1.29 is 4.74 Å². The quantitative estimate of drug-likeness (QED) is 0.826.